The summed E-state index contributed by atoms with van der Waals surface area (Å²) < 4.78 is 11.1. The van der Waals surface area contributed by atoms with Crippen LogP contribution in [-0.4, -0.2) is 80.0 Å². The smallest absolute Gasteiger partial charge is 0.414 e. The van der Waals surface area contributed by atoms with Crippen LogP contribution in [0.3, 0.4) is 0 Å². The number of nitrogens with two attached hydrogens (primary N) is 1. The van der Waals surface area contributed by atoms with Gasteiger partial charge in [0.05, 0.1) is 35.5 Å². The first-order valence-electron chi connectivity index (χ1n) is 12.5. The Bertz CT molecular complexity index is 1240. The number of benzene rings is 1. The molecule has 2 aromatic rings. The molecule has 4 rings (SSSR count). The van der Waals surface area contributed by atoms with Crippen LogP contribution in [0.15, 0.2) is 36.4 Å². The molecular formula is C26H29ClN4O7S. The third-order valence-corrected chi connectivity index (χ3v) is 7.59. The molecule has 2 aliphatic heterocycles. The molecule has 4 amide bonds. The molecule has 0 spiro atoms. The average molecular weight is 577 g/mol. The first-order chi connectivity index (χ1) is 18.8. The van der Waals surface area contributed by atoms with E-state index in [0.29, 0.717) is 46.6 Å². The van der Waals surface area contributed by atoms with Crippen LogP contribution in [0, 0.1) is 0 Å². The maximum atomic E-state index is 13.2. The molecule has 1 aromatic heterocycles. The van der Waals surface area contributed by atoms with E-state index >= 15 is 0 Å². The Balaban J connectivity index is 1.42. The van der Waals surface area contributed by atoms with E-state index < -0.39 is 24.0 Å². The second kappa shape index (κ2) is 13.2. The van der Waals surface area contributed by atoms with Crippen molar-refractivity contribution in [3.05, 3.63) is 45.6 Å². The number of hydrogen-bond donors (Lipinski definition) is 1. The SMILES string of the molecule is NCC(=O)CCCCC(=O)N(C[C@H]1CN(c2ccc(N3CCOCC3=O)cc2)C(=O)O1)C(=O)c1ccc(Cl)s1. The number of Topliss-reactive ketones (excluding diaryl/α,β-unsaturated/α-hetero) is 1. The highest BCUT2D eigenvalue weighted by Gasteiger charge is 2.36. The van der Waals surface area contributed by atoms with Gasteiger partial charge in [-0.25, -0.2) is 4.79 Å². The number of ether oxygens (including phenoxy) is 2. The number of carbonyl (C=O) groups is 5. The molecule has 2 saturated heterocycles. The van der Waals surface area contributed by atoms with E-state index in [-0.39, 0.29) is 50.8 Å². The summed E-state index contributed by atoms with van der Waals surface area (Å²) >= 11 is 7.05. The number of hydrogen-bond acceptors (Lipinski definition) is 9. The molecule has 2 aliphatic rings. The molecule has 13 heteroatoms. The topological polar surface area (TPSA) is 140 Å². The molecule has 11 nitrogen and oxygen atoms in total. The van der Waals surface area contributed by atoms with Crippen LogP contribution in [0.5, 0.6) is 0 Å². The molecule has 39 heavy (non-hydrogen) atoms. The molecule has 3 heterocycles. The number of halogens is 1. The Morgan fingerprint density at radius 1 is 1.03 bits per heavy atom. The number of rotatable bonds is 11. The van der Waals surface area contributed by atoms with E-state index in [1.807, 2.05) is 0 Å². The summed E-state index contributed by atoms with van der Waals surface area (Å²) in [6.07, 6.45) is -0.142. The van der Waals surface area contributed by atoms with Crippen molar-refractivity contribution in [1.82, 2.24) is 4.90 Å². The third kappa shape index (κ3) is 7.21. The van der Waals surface area contributed by atoms with Gasteiger partial charge in [-0.05, 0) is 49.2 Å². The lowest BCUT2D eigenvalue weighted by Crippen LogP contribution is -2.43. The highest BCUT2D eigenvalue weighted by Crippen LogP contribution is 2.27. The molecule has 0 unspecified atom stereocenters. The lowest BCUT2D eigenvalue weighted by atomic mass is 10.1. The van der Waals surface area contributed by atoms with Crippen LogP contribution in [-0.2, 0) is 23.9 Å². The number of unbranched alkanes of at least 4 members (excludes halogenated alkanes) is 1. The first-order valence-corrected chi connectivity index (χ1v) is 13.7. The fraction of sp³-hybridized carbons (Fsp3) is 0.423. The third-order valence-electron chi connectivity index (χ3n) is 6.37. The average Bonchev–Trinajstić information content (AvgIpc) is 3.54. The number of ketones is 1. The summed E-state index contributed by atoms with van der Waals surface area (Å²) in [5.74, 6) is -1.18. The molecule has 0 bridgehead atoms. The van der Waals surface area contributed by atoms with E-state index in [1.54, 1.807) is 41.3 Å². The summed E-state index contributed by atoms with van der Waals surface area (Å²) in [6.45, 7) is 0.877. The molecule has 0 aliphatic carbocycles. The Morgan fingerprint density at radius 2 is 1.72 bits per heavy atom. The Labute approximate surface area is 234 Å². The maximum Gasteiger partial charge on any atom is 0.414 e. The van der Waals surface area contributed by atoms with Crippen molar-refractivity contribution in [3.63, 3.8) is 0 Å². The lowest BCUT2D eigenvalue weighted by Gasteiger charge is -2.27. The van der Waals surface area contributed by atoms with Crippen molar-refractivity contribution in [2.24, 2.45) is 5.73 Å². The zero-order valence-electron chi connectivity index (χ0n) is 21.2. The fourth-order valence-electron chi connectivity index (χ4n) is 4.33. The minimum Gasteiger partial charge on any atom is -0.442 e. The number of cyclic esters (lactones) is 1. The van der Waals surface area contributed by atoms with Gasteiger partial charge in [0, 0.05) is 30.8 Å². The zero-order valence-corrected chi connectivity index (χ0v) is 22.7. The molecule has 2 N–H and O–H groups in total. The summed E-state index contributed by atoms with van der Waals surface area (Å²) in [4.78, 5) is 67.0. The number of imide groups is 1. The van der Waals surface area contributed by atoms with Crippen LogP contribution in [0.4, 0.5) is 16.2 Å². The van der Waals surface area contributed by atoms with E-state index in [2.05, 4.69) is 0 Å². The quantitative estimate of drug-likeness (QED) is 0.403. The number of anilines is 2. The minimum absolute atomic E-state index is 0.0271. The predicted octanol–water partition coefficient (Wildman–Crippen LogP) is 2.85. The predicted molar refractivity (Wildman–Crippen MR) is 145 cm³/mol. The van der Waals surface area contributed by atoms with Gasteiger partial charge >= 0.3 is 6.09 Å². The standard InChI is InChI=1S/C26H29ClN4O7S/c27-22-10-9-21(39-22)25(35)31(23(33)4-2-1-3-19(32)13-28)15-20-14-30(26(36)38-20)18-7-5-17(6-8-18)29-11-12-37-16-24(29)34/h5-10,20H,1-4,11-16,28H2/t20-/m1/s1. The highest BCUT2D eigenvalue weighted by molar-refractivity contribution is 7.18. The summed E-state index contributed by atoms with van der Waals surface area (Å²) in [7, 11) is 0. The molecule has 1 aromatic carbocycles. The summed E-state index contributed by atoms with van der Waals surface area (Å²) in [5.41, 5.74) is 6.58. The zero-order chi connectivity index (χ0) is 27.9. The number of morpholine rings is 1. The Morgan fingerprint density at radius 3 is 2.36 bits per heavy atom. The first kappa shape index (κ1) is 28.7. The Kier molecular flexibility index (Phi) is 9.68. The van der Waals surface area contributed by atoms with Crippen molar-refractivity contribution in [3.8, 4) is 0 Å². The van der Waals surface area contributed by atoms with Crippen LogP contribution >= 0.6 is 22.9 Å². The van der Waals surface area contributed by atoms with Gasteiger partial charge < -0.3 is 20.1 Å². The molecule has 208 valence electrons. The summed E-state index contributed by atoms with van der Waals surface area (Å²) in [5, 5.41) is 0. The van der Waals surface area contributed by atoms with Gasteiger partial charge in [0.25, 0.3) is 11.8 Å². The van der Waals surface area contributed by atoms with E-state index in [4.69, 9.17) is 26.8 Å². The van der Waals surface area contributed by atoms with Gasteiger partial charge in [-0.15, -0.1) is 11.3 Å². The fourth-order valence-corrected chi connectivity index (χ4v) is 5.32. The number of carbonyl (C=O) groups excluding carboxylic acids is 5. The van der Waals surface area contributed by atoms with Crippen molar-refractivity contribution in [1.29, 1.82) is 0 Å². The normalized spacial score (nSPS) is 17.3. The minimum atomic E-state index is -0.750. The van der Waals surface area contributed by atoms with Gasteiger partial charge in [0.1, 0.15) is 18.5 Å². The van der Waals surface area contributed by atoms with E-state index in [1.165, 1.54) is 4.90 Å². The maximum absolute atomic E-state index is 13.2. The number of nitrogens with zero attached hydrogens (tertiary/aromatic N) is 3. The second-order valence-corrected chi connectivity index (χ2v) is 10.8. The number of thiophene rings is 1. The van der Waals surface area contributed by atoms with E-state index in [9.17, 15) is 24.0 Å². The van der Waals surface area contributed by atoms with E-state index in [0.717, 1.165) is 16.2 Å². The lowest BCUT2D eigenvalue weighted by molar-refractivity contribution is -0.130. The van der Waals surface area contributed by atoms with Crippen molar-refractivity contribution >= 4 is 63.9 Å². The molecule has 2 fully saturated rings. The van der Waals surface area contributed by atoms with Crippen LogP contribution in [0.2, 0.25) is 4.34 Å². The molecule has 0 radical (unpaired) electrons. The van der Waals surface area contributed by atoms with Crippen molar-refractivity contribution in [2.75, 3.05) is 49.2 Å². The van der Waals surface area contributed by atoms with Crippen molar-refractivity contribution < 1.29 is 33.4 Å². The molecular weight excluding hydrogens is 548 g/mol. The van der Waals surface area contributed by atoms with Gasteiger partial charge in [-0.3, -0.25) is 29.0 Å². The van der Waals surface area contributed by atoms with Gasteiger partial charge in [-0.1, -0.05) is 11.6 Å². The highest BCUT2D eigenvalue weighted by atomic mass is 35.5. The molecule has 0 saturated carbocycles. The monoisotopic (exact) mass is 576 g/mol. The second-order valence-electron chi connectivity index (χ2n) is 9.09. The van der Waals surface area contributed by atoms with Gasteiger partial charge in [-0.2, -0.15) is 0 Å². The van der Waals surface area contributed by atoms with Crippen LogP contribution in [0.25, 0.3) is 0 Å². The Hall–Kier alpha value is -3.32. The van der Waals surface area contributed by atoms with Gasteiger partial charge in [0.15, 0.2) is 0 Å². The van der Waals surface area contributed by atoms with Crippen molar-refractivity contribution in [2.45, 2.75) is 31.8 Å². The van der Waals surface area contributed by atoms with Crippen LogP contribution < -0.4 is 15.5 Å². The number of amides is 4. The molecule has 1 atom stereocenters. The largest absolute Gasteiger partial charge is 0.442 e. The summed E-state index contributed by atoms with van der Waals surface area (Å²) in [6, 6.07) is 10.0. The van der Waals surface area contributed by atoms with Crippen LogP contribution in [0.1, 0.15) is 35.4 Å². The van der Waals surface area contributed by atoms with Gasteiger partial charge in [0.2, 0.25) is 5.91 Å².